The van der Waals surface area contributed by atoms with Crippen molar-refractivity contribution < 1.29 is 113 Å². The standard InChI is InChI=1S/C50H65N17O28P4S2/c1-21-10-64(46(72)63-39(21)69)42-30-34(94-98(76,77)86-13-47-22(2)88-29(33(47)92-96(73)100)43(91-47)65-18-56-27-37(65)59-44(52)61-40(27)70)48(90-42,23(3)89-30)14-87-97(74,75)93-32-25(82-16-50(32,84-9-7-80-5)67-20-58-28-38(67)60-45(53)62-41(28)71)12-85-99(78,101)95-31-24(11-68)81-15-49(31,83-8-6-79-4)66-19-57-26-35(51)54-17-55-36(26)66/h10,17-20,22-25,29-34,42-43,68H,6-9,11-16H2,1-5H3,(H12-,51,52,53,54,55,59,60,61,62,63,69,70,71,72,73,74,75,76,77,78,100,101)/p+1/t22-,23-,24+,25+,29?,30?,31?,32?,33?,34+,42+,43+,47-,48-,49?,50?,99?/m0/s1. The highest BCUT2D eigenvalue weighted by Gasteiger charge is 2.72. The molecule has 6 aliphatic rings. The zero-order valence-electron chi connectivity index (χ0n) is 53.3. The van der Waals surface area contributed by atoms with Crippen molar-refractivity contribution in [3.05, 3.63) is 78.6 Å². The summed E-state index contributed by atoms with van der Waals surface area (Å²) in [5.74, 6) is -0.714. The van der Waals surface area contributed by atoms with Crippen LogP contribution in [0.3, 0.4) is 0 Å². The number of aliphatic hydroxyl groups excluding tert-OH is 1. The van der Waals surface area contributed by atoms with Crippen molar-refractivity contribution >= 4 is 105 Å². The molecule has 6 fully saturated rings. The van der Waals surface area contributed by atoms with Crippen molar-refractivity contribution in [3.8, 4) is 0 Å². The van der Waals surface area contributed by atoms with Gasteiger partial charge in [-0.15, -0.1) is 4.52 Å². The van der Waals surface area contributed by atoms with Crippen LogP contribution >= 0.6 is 41.8 Å². The zero-order chi connectivity index (χ0) is 72.1. The predicted molar refractivity (Wildman–Crippen MR) is 344 cm³/mol. The Labute approximate surface area is 576 Å². The molecule has 101 heavy (non-hydrogen) atoms. The molecule has 6 aliphatic heterocycles. The molecule has 550 valence electrons. The summed E-state index contributed by atoms with van der Waals surface area (Å²) in [7, 11) is -11.5. The fourth-order valence-corrected chi connectivity index (χ4v) is 17.4. The van der Waals surface area contributed by atoms with Crippen LogP contribution in [-0.4, -0.2) is 240 Å². The van der Waals surface area contributed by atoms with Gasteiger partial charge in [-0.1, -0.05) is 0 Å². The van der Waals surface area contributed by atoms with Gasteiger partial charge in [0.15, 0.2) is 58.0 Å². The Morgan fingerprint density at radius 2 is 1.20 bits per heavy atom. The van der Waals surface area contributed by atoms with Crippen LogP contribution in [-0.2, 0) is 116 Å². The smallest absolute Gasteiger partial charge is 0.394 e. The molecule has 13 rings (SSSR count). The second-order valence-electron chi connectivity index (χ2n) is 23.8. The molecular formula is C50H66N17O28P4S2+. The van der Waals surface area contributed by atoms with E-state index in [9.17, 15) is 48.1 Å². The third-order valence-electron chi connectivity index (χ3n) is 17.9. The van der Waals surface area contributed by atoms with Gasteiger partial charge in [-0.2, -0.15) is 9.97 Å². The number of thiol groups is 1. The number of nitrogen functional groups attached to an aromatic ring is 3. The van der Waals surface area contributed by atoms with Crippen LogP contribution in [0.2, 0.25) is 0 Å². The summed E-state index contributed by atoms with van der Waals surface area (Å²) >= 11 is 9.61. The van der Waals surface area contributed by atoms with Crippen LogP contribution in [0.25, 0.3) is 33.5 Å². The third kappa shape index (κ3) is 13.2. The van der Waals surface area contributed by atoms with Crippen molar-refractivity contribution in [3.63, 3.8) is 0 Å². The maximum atomic E-state index is 15.3. The minimum atomic E-state index is -5.87. The third-order valence-corrected chi connectivity index (χ3v) is 22.1. The van der Waals surface area contributed by atoms with Gasteiger partial charge in [0.2, 0.25) is 23.3 Å². The van der Waals surface area contributed by atoms with Crippen LogP contribution < -0.4 is 39.6 Å². The van der Waals surface area contributed by atoms with Gasteiger partial charge in [0, 0.05) is 26.0 Å². The van der Waals surface area contributed by atoms with Gasteiger partial charge < -0.3 is 88.9 Å². The van der Waals surface area contributed by atoms with Gasteiger partial charge in [0.1, 0.15) is 72.4 Å². The van der Waals surface area contributed by atoms with Gasteiger partial charge in [-0.05, 0) is 37.1 Å². The number of phosphoric ester groups is 2. The number of aliphatic hydroxyl groups is 1. The number of rotatable bonds is 30. The lowest BCUT2D eigenvalue weighted by atomic mass is 9.94. The quantitative estimate of drug-likeness (QED) is 0.0130. The van der Waals surface area contributed by atoms with Crippen molar-refractivity contribution in [2.24, 2.45) is 0 Å². The van der Waals surface area contributed by atoms with Crippen LogP contribution in [0.5, 0.6) is 0 Å². The van der Waals surface area contributed by atoms with Gasteiger partial charge in [0.25, 0.3) is 16.7 Å². The Bertz CT molecular complexity index is 4740. The number of aromatic amines is 3. The number of nitrogens with zero attached hydrogens (tertiary/aromatic N) is 11. The number of anilines is 3. The summed E-state index contributed by atoms with van der Waals surface area (Å²) < 4.78 is 151. The average Bonchev–Trinajstić information content (AvgIpc) is 1.57. The second kappa shape index (κ2) is 27.8. The first-order valence-corrected chi connectivity index (χ1v) is 38.1. The van der Waals surface area contributed by atoms with E-state index < -0.39 is 187 Å². The number of hydrogen-bond acceptors (Lipinski definition) is 36. The van der Waals surface area contributed by atoms with Crippen LogP contribution in [0.15, 0.2) is 50.7 Å². The van der Waals surface area contributed by atoms with E-state index in [1.165, 1.54) is 56.8 Å². The number of H-pyrrole nitrogens is 3. The summed E-state index contributed by atoms with van der Waals surface area (Å²) in [6.45, 7) is -6.16. The molecule has 13 N–H and O–H groups in total. The number of fused-ring (bicyclic) bond motifs is 7. The van der Waals surface area contributed by atoms with Gasteiger partial charge in [-0.25, -0.2) is 38.8 Å². The lowest BCUT2D eigenvalue weighted by Gasteiger charge is -2.39. The van der Waals surface area contributed by atoms with E-state index in [0.29, 0.717) is 0 Å². The summed E-state index contributed by atoms with van der Waals surface area (Å²) in [4.78, 5) is 125. The molecule has 20 atom stereocenters. The lowest BCUT2D eigenvalue weighted by Crippen LogP contribution is -2.52. The first-order valence-electron chi connectivity index (χ1n) is 30.2. The monoisotopic (exact) mass is 1540 g/mol. The number of ether oxygens (including phenoxy) is 10. The lowest BCUT2D eigenvalue weighted by molar-refractivity contribution is -0.219. The van der Waals surface area contributed by atoms with E-state index in [1.807, 2.05) is 0 Å². The van der Waals surface area contributed by atoms with E-state index in [1.54, 1.807) is 0 Å². The number of aromatic nitrogens is 14. The fraction of sp³-hybridized carbons (Fsp3) is 0.620. The topological polar surface area (TPSA) is 593 Å². The van der Waals surface area contributed by atoms with Gasteiger partial charge in [-0.3, -0.25) is 70.2 Å². The number of nitrogens with two attached hydrogens (primary N) is 3. The van der Waals surface area contributed by atoms with Crippen molar-refractivity contribution in [1.82, 2.24) is 68.1 Å². The highest BCUT2D eigenvalue weighted by atomic mass is 32.7. The first-order chi connectivity index (χ1) is 47.9. The molecule has 0 spiro atoms. The van der Waals surface area contributed by atoms with E-state index in [0.717, 1.165) is 28.0 Å². The Morgan fingerprint density at radius 3 is 1.80 bits per heavy atom. The zero-order valence-corrected chi connectivity index (χ0v) is 58.6. The summed E-state index contributed by atoms with van der Waals surface area (Å²) in [5, 5.41) is 10.7. The number of phosphoric acid groups is 2. The molecule has 0 saturated carbocycles. The van der Waals surface area contributed by atoms with E-state index in [4.69, 9.17) is 108 Å². The van der Waals surface area contributed by atoms with E-state index in [-0.39, 0.29) is 83.9 Å². The Kier molecular flexibility index (Phi) is 20.2. The Balaban J connectivity index is 0.817. The minimum absolute atomic E-state index is 0.00957. The van der Waals surface area contributed by atoms with Crippen molar-refractivity contribution in [1.29, 1.82) is 0 Å². The molecule has 0 radical (unpaired) electrons. The molecule has 45 nitrogen and oxygen atoms in total. The molecule has 7 aromatic rings. The summed E-state index contributed by atoms with van der Waals surface area (Å²) in [5.41, 5.74) is 5.57. The normalized spacial score (nSPS) is 32.7. The largest absolute Gasteiger partial charge is 0.582 e. The molecule has 0 amide bonds. The average molecular weight is 1540 g/mol. The summed E-state index contributed by atoms with van der Waals surface area (Å²) in [6, 6.07) is 0. The van der Waals surface area contributed by atoms with E-state index in [2.05, 4.69) is 62.1 Å². The van der Waals surface area contributed by atoms with E-state index >= 15 is 4.57 Å². The van der Waals surface area contributed by atoms with Gasteiger partial charge >= 0.3 is 35.3 Å². The SMILES string of the molecule is COCCOC1(n2cnc3c(N)ncnc32)CO[C@H](CO)C1OP(O)(=S)OC[C@H]1OCC(OCCOC)(n2cnc3c(=O)[nH]c(N)nc32)C1OP(=O)(O)OC[C@]12O[C@@H](n3cc(C)c(=O)[nH]c3=O)C(O[C@H]1C)[C@H]2OP(=O)(O)OC[C@]12O[C@@H](n3cnc4c(=O)[nH]c(N)nc43)C(O[C@H]1C)C2O[P+](=O)S. The van der Waals surface area contributed by atoms with Crippen molar-refractivity contribution in [2.75, 3.05) is 97.5 Å². The molecular weight excluding hydrogens is 1470 g/mol. The molecule has 0 aliphatic carbocycles. The minimum Gasteiger partial charge on any atom is -0.394 e. The number of nitrogens with one attached hydrogen (secondary N) is 3. The van der Waals surface area contributed by atoms with Gasteiger partial charge in [0.05, 0.1) is 97.3 Å². The molecule has 6 saturated heterocycles. The fourth-order valence-electron chi connectivity index (χ4n) is 13.2. The first kappa shape index (κ1) is 73.4. The number of imidazole rings is 3. The molecule has 13 heterocycles. The summed E-state index contributed by atoms with van der Waals surface area (Å²) in [6.07, 6.45) is -12.6. The molecule has 51 heteroatoms. The second-order valence-corrected chi connectivity index (χ2v) is 31.1. The van der Waals surface area contributed by atoms with Crippen LogP contribution in [0, 0.1) is 6.92 Å². The van der Waals surface area contributed by atoms with Crippen LogP contribution in [0.1, 0.15) is 31.9 Å². The highest BCUT2D eigenvalue weighted by molar-refractivity contribution is 8.39. The molecule has 4 bridgehead atoms. The Morgan fingerprint density at radius 1 is 0.673 bits per heavy atom. The number of aryl methyl sites for hydroxylation is 1. The number of hydrogen-bond donors (Lipinski definition) is 11. The van der Waals surface area contributed by atoms with Crippen molar-refractivity contribution in [2.45, 2.75) is 117 Å². The maximum Gasteiger partial charge on any atom is 0.582 e. The number of methoxy groups -OCH3 is 2. The van der Waals surface area contributed by atoms with Crippen LogP contribution in [0.4, 0.5) is 17.7 Å². The molecule has 0 aromatic carbocycles. The molecule has 11 unspecified atom stereocenters. The predicted octanol–water partition coefficient (Wildman–Crippen LogP) is -2.18. The highest BCUT2D eigenvalue weighted by Crippen LogP contribution is 2.62. The molecule has 7 aromatic heterocycles. The Hall–Kier alpha value is -5.95. The maximum absolute atomic E-state index is 15.3.